The van der Waals surface area contributed by atoms with Gasteiger partial charge in [-0.2, -0.15) is 0 Å². The summed E-state index contributed by atoms with van der Waals surface area (Å²) in [7, 11) is 0. The van der Waals surface area contributed by atoms with Crippen LogP contribution in [0.25, 0.3) is 0 Å². The Hall–Kier alpha value is -2.22. The van der Waals surface area contributed by atoms with Crippen LogP contribution in [0.3, 0.4) is 0 Å². The summed E-state index contributed by atoms with van der Waals surface area (Å²) < 4.78 is 0. The van der Waals surface area contributed by atoms with Crippen LogP contribution >= 0.6 is 11.3 Å². The van der Waals surface area contributed by atoms with Gasteiger partial charge in [-0.3, -0.25) is 4.79 Å². The minimum Gasteiger partial charge on any atom is -0.477 e. The third-order valence-corrected chi connectivity index (χ3v) is 3.10. The largest absolute Gasteiger partial charge is 0.477 e. The average molecular weight is 266 g/mol. The van der Waals surface area contributed by atoms with Crippen LogP contribution in [0.5, 0.6) is 0 Å². The quantitative estimate of drug-likeness (QED) is 0.758. The number of hydrogen-bond acceptors (Lipinski definition) is 5. The highest BCUT2D eigenvalue weighted by Crippen LogP contribution is 2.09. The van der Waals surface area contributed by atoms with Crippen molar-refractivity contribution < 1.29 is 14.7 Å². The number of carboxylic acids is 1. The molecule has 0 saturated carbocycles. The number of H-pyrrole nitrogens is 1. The minimum absolute atomic E-state index is 0.129. The predicted molar refractivity (Wildman–Crippen MR) is 63.6 cm³/mol. The average Bonchev–Trinajstić information content (AvgIpc) is 2.94. The zero-order chi connectivity index (χ0) is 13.1. The molecule has 0 saturated heterocycles. The fourth-order valence-corrected chi connectivity index (χ4v) is 2.06. The third-order valence-electron chi connectivity index (χ3n) is 2.14. The number of nitrogens with zero attached hydrogens (tertiary/aromatic N) is 2. The zero-order valence-corrected chi connectivity index (χ0v) is 10.2. The molecule has 0 fully saturated rings. The molecule has 0 spiro atoms. The minimum atomic E-state index is -1.22. The van der Waals surface area contributed by atoms with Gasteiger partial charge >= 0.3 is 5.97 Å². The number of aromatic nitrogens is 3. The molecule has 8 heteroatoms. The molecule has 2 rings (SSSR count). The van der Waals surface area contributed by atoms with Crippen LogP contribution in [0.4, 0.5) is 0 Å². The van der Waals surface area contributed by atoms with Crippen molar-refractivity contribution in [1.29, 1.82) is 0 Å². The molecule has 0 aliphatic carbocycles. The maximum Gasteiger partial charge on any atom is 0.354 e. The van der Waals surface area contributed by atoms with Gasteiger partial charge in [0, 0.05) is 11.1 Å². The molecule has 1 amide bonds. The van der Waals surface area contributed by atoms with Crippen molar-refractivity contribution in [3.63, 3.8) is 0 Å². The first-order valence-corrected chi connectivity index (χ1v) is 5.91. The number of hydrogen-bond donors (Lipinski definition) is 3. The lowest BCUT2D eigenvalue weighted by Gasteiger charge is -2.01. The standard InChI is InChI=1S/C10H10N4O3S/c1-5-3-18-6(14-5)2-11-9(15)7-8(10(16)17)13-4-12-7/h3-4H,2H2,1H3,(H,11,15)(H,12,13)(H,16,17). The number of rotatable bonds is 4. The molecule has 0 bridgehead atoms. The van der Waals surface area contributed by atoms with E-state index in [0.29, 0.717) is 0 Å². The van der Waals surface area contributed by atoms with Crippen LogP contribution in [0.2, 0.25) is 0 Å². The van der Waals surface area contributed by atoms with E-state index in [2.05, 4.69) is 20.3 Å². The number of carbonyl (C=O) groups excluding carboxylic acids is 1. The number of aromatic amines is 1. The number of aryl methyl sites for hydroxylation is 1. The Morgan fingerprint density at radius 2 is 2.33 bits per heavy atom. The van der Waals surface area contributed by atoms with Gasteiger partial charge in [0.05, 0.1) is 12.9 Å². The number of carboxylic acid groups (broad SMARTS) is 1. The number of aromatic carboxylic acids is 1. The third kappa shape index (κ3) is 2.54. The van der Waals surface area contributed by atoms with E-state index >= 15 is 0 Å². The Labute approximate surface area is 106 Å². The fourth-order valence-electron chi connectivity index (χ4n) is 1.35. The molecular formula is C10H10N4O3S. The summed E-state index contributed by atoms with van der Waals surface area (Å²) in [4.78, 5) is 32.8. The summed E-state index contributed by atoms with van der Waals surface area (Å²) in [6, 6.07) is 0. The molecule has 3 N–H and O–H groups in total. The zero-order valence-electron chi connectivity index (χ0n) is 9.43. The second-order valence-corrected chi connectivity index (χ2v) is 4.44. The Morgan fingerprint density at radius 1 is 1.56 bits per heavy atom. The lowest BCUT2D eigenvalue weighted by Crippen LogP contribution is -2.25. The van der Waals surface area contributed by atoms with Crippen molar-refractivity contribution in [3.05, 3.63) is 33.8 Å². The van der Waals surface area contributed by atoms with Crippen molar-refractivity contribution in [2.24, 2.45) is 0 Å². The van der Waals surface area contributed by atoms with Crippen LogP contribution in [0.15, 0.2) is 11.7 Å². The number of nitrogens with one attached hydrogen (secondary N) is 2. The lowest BCUT2D eigenvalue weighted by atomic mass is 10.3. The van der Waals surface area contributed by atoms with E-state index in [1.807, 2.05) is 12.3 Å². The van der Waals surface area contributed by atoms with E-state index in [-0.39, 0.29) is 17.9 Å². The number of imidazole rings is 1. The molecule has 0 unspecified atom stereocenters. The summed E-state index contributed by atoms with van der Waals surface area (Å²) in [6.45, 7) is 2.11. The van der Waals surface area contributed by atoms with E-state index in [0.717, 1.165) is 10.7 Å². The first kappa shape index (κ1) is 12.2. The molecule has 0 radical (unpaired) electrons. The van der Waals surface area contributed by atoms with Gasteiger partial charge in [0.1, 0.15) is 5.01 Å². The monoisotopic (exact) mass is 266 g/mol. The van der Waals surface area contributed by atoms with E-state index in [1.54, 1.807) is 0 Å². The first-order valence-electron chi connectivity index (χ1n) is 5.04. The Morgan fingerprint density at radius 3 is 2.94 bits per heavy atom. The van der Waals surface area contributed by atoms with Gasteiger partial charge in [-0.15, -0.1) is 11.3 Å². The van der Waals surface area contributed by atoms with Crippen LogP contribution in [-0.4, -0.2) is 31.9 Å². The summed E-state index contributed by atoms with van der Waals surface area (Å²) in [5.41, 5.74) is 0.536. The molecular weight excluding hydrogens is 256 g/mol. The van der Waals surface area contributed by atoms with Crippen LogP contribution in [-0.2, 0) is 6.54 Å². The Kier molecular flexibility index (Phi) is 3.38. The number of carbonyl (C=O) groups is 2. The van der Waals surface area contributed by atoms with Gasteiger partial charge in [-0.1, -0.05) is 0 Å². The maximum absolute atomic E-state index is 11.7. The smallest absolute Gasteiger partial charge is 0.354 e. The SMILES string of the molecule is Cc1csc(CNC(=O)c2nc[nH]c2C(=O)O)n1. The van der Waals surface area contributed by atoms with Crippen molar-refractivity contribution in [3.8, 4) is 0 Å². The van der Waals surface area contributed by atoms with E-state index < -0.39 is 11.9 Å². The van der Waals surface area contributed by atoms with Gasteiger partial charge in [0.15, 0.2) is 11.4 Å². The number of amides is 1. The van der Waals surface area contributed by atoms with Crippen LogP contribution in [0.1, 0.15) is 31.7 Å². The first-order chi connectivity index (χ1) is 8.58. The van der Waals surface area contributed by atoms with Crippen molar-refractivity contribution in [1.82, 2.24) is 20.3 Å². The highest BCUT2D eigenvalue weighted by molar-refractivity contribution is 7.09. The van der Waals surface area contributed by atoms with Crippen molar-refractivity contribution >= 4 is 23.2 Å². The fraction of sp³-hybridized carbons (Fsp3) is 0.200. The predicted octanol–water partition coefficient (Wildman–Crippen LogP) is 0.803. The molecule has 7 nitrogen and oxygen atoms in total. The summed E-state index contributed by atoms with van der Waals surface area (Å²) in [5, 5.41) is 14.0. The topological polar surface area (TPSA) is 108 Å². The number of thiazole rings is 1. The maximum atomic E-state index is 11.7. The summed E-state index contributed by atoms with van der Waals surface area (Å²) in [5.74, 6) is -1.76. The molecule has 18 heavy (non-hydrogen) atoms. The highest BCUT2D eigenvalue weighted by atomic mass is 32.1. The lowest BCUT2D eigenvalue weighted by molar-refractivity contribution is 0.0685. The van der Waals surface area contributed by atoms with Crippen molar-refractivity contribution in [2.45, 2.75) is 13.5 Å². The molecule has 94 valence electrons. The van der Waals surface area contributed by atoms with Gasteiger partial charge in [-0.05, 0) is 6.92 Å². The normalized spacial score (nSPS) is 10.3. The summed E-state index contributed by atoms with van der Waals surface area (Å²) >= 11 is 1.43. The Bertz CT molecular complexity index is 589. The Balaban J connectivity index is 2.04. The van der Waals surface area contributed by atoms with E-state index in [4.69, 9.17) is 5.11 Å². The molecule has 2 heterocycles. The molecule has 0 aromatic carbocycles. The van der Waals surface area contributed by atoms with E-state index in [1.165, 1.54) is 17.7 Å². The molecule has 2 aromatic heterocycles. The van der Waals surface area contributed by atoms with Crippen molar-refractivity contribution in [2.75, 3.05) is 0 Å². The van der Waals surface area contributed by atoms with Gasteiger partial charge in [0.25, 0.3) is 5.91 Å². The molecule has 0 aliphatic heterocycles. The van der Waals surface area contributed by atoms with Gasteiger partial charge in [0.2, 0.25) is 0 Å². The van der Waals surface area contributed by atoms with E-state index in [9.17, 15) is 9.59 Å². The second kappa shape index (κ2) is 4.96. The van der Waals surface area contributed by atoms with Crippen LogP contribution < -0.4 is 5.32 Å². The second-order valence-electron chi connectivity index (χ2n) is 3.50. The molecule has 0 atom stereocenters. The molecule has 2 aromatic rings. The van der Waals surface area contributed by atoms with Crippen LogP contribution in [0, 0.1) is 6.92 Å². The van der Waals surface area contributed by atoms with Gasteiger partial charge in [-0.25, -0.2) is 14.8 Å². The highest BCUT2D eigenvalue weighted by Gasteiger charge is 2.19. The molecule has 0 aliphatic rings. The summed E-state index contributed by atoms with van der Waals surface area (Å²) in [6.07, 6.45) is 1.17. The van der Waals surface area contributed by atoms with Gasteiger partial charge < -0.3 is 15.4 Å².